The fraction of sp³-hybridized carbons (Fsp3) is 0.471. The lowest BCUT2D eigenvalue weighted by atomic mass is 10.2. The number of hydrogen-bond donors (Lipinski definition) is 1. The van der Waals surface area contributed by atoms with Gasteiger partial charge in [0.2, 0.25) is 24.0 Å². The van der Waals surface area contributed by atoms with Gasteiger partial charge in [0.15, 0.2) is 5.03 Å². The van der Waals surface area contributed by atoms with Gasteiger partial charge < -0.3 is 5.32 Å². The van der Waals surface area contributed by atoms with Crippen LogP contribution in [-0.4, -0.2) is 33.6 Å². The summed E-state index contributed by atoms with van der Waals surface area (Å²) in [6.45, 7) is 7.49. The Labute approximate surface area is 159 Å². The Morgan fingerprint density at radius 3 is 2.27 bits per heavy atom. The molecule has 0 saturated heterocycles. The van der Waals surface area contributed by atoms with E-state index in [2.05, 4.69) is 10.3 Å². The number of nitrogens with one attached hydrogen (secondary N) is 1. The Kier molecular flexibility index (Phi) is 6.46. The van der Waals surface area contributed by atoms with Crippen LogP contribution in [0.4, 0.5) is 5.00 Å². The summed E-state index contributed by atoms with van der Waals surface area (Å²) >= 11 is 0.885. The quantitative estimate of drug-likeness (QED) is 0.705. The number of aromatic nitrogens is 1. The summed E-state index contributed by atoms with van der Waals surface area (Å²) in [5, 5.41) is 3.15. The van der Waals surface area contributed by atoms with Crippen molar-refractivity contribution in [3.63, 3.8) is 0 Å². The molecule has 1 aromatic carbocycles. The molecule has 0 spiro atoms. The summed E-state index contributed by atoms with van der Waals surface area (Å²) in [5.74, 6) is -0.0622. The van der Waals surface area contributed by atoms with E-state index in [0.717, 1.165) is 23.3 Å². The Balaban J connectivity index is 2.61. The Bertz CT molecular complexity index is 962. The number of thiazole rings is 1. The molecule has 0 aliphatic carbocycles. The highest BCUT2D eigenvalue weighted by Gasteiger charge is 2.30. The van der Waals surface area contributed by atoms with Gasteiger partial charge in [0.25, 0.3) is 0 Å². The third-order valence-corrected chi connectivity index (χ3v) is 9.08. The van der Waals surface area contributed by atoms with Gasteiger partial charge in [0.1, 0.15) is 5.00 Å². The normalized spacial score (nSPS) is 13.5. The van der Waals surface area contributed by atoms with E-state index in [1.807, 2.05) is 20.8 Å². The van der Waals surface area contributed by atoms with E-state index >= 15 is 0 Å². The van der Waals surface area contributed by atoms with Crippen LogP contribution >= 0.6 is 11.3 Å². The van der Waals surface area contributed by atoms with Crippen molar-refractivity contribution in [3.8, 4) is 0 Å². The highest BCUT2D eigenvalue weighted by atomic mass is 32.2. The predicted octanol–water partition coefficient (Wildman–Crippen LogP) is 3.68. The minimum Gasteiger partial charge on any atom is -0.372 e. The van der Waals surface area contributed by atoms with Gasteiger partial charge >= 0.3 is 0 Å². The van der Waals surface area contributed by atoms with Crippen molar-refractivity contribution < 1.29 is 16.8 Å². The minimum atomic E-state index is -3.92. The molecule has 0 bridgehead atoms. The molecule has 2 rings (SSSR count). The molecule has 0 saturated carbocycles. The first kappa shape index (κ1) is 20.9. The first-order chi connectivity index (χ1) is 12.1. The van der Waals surface area contributed by atoms with Crippen LogP contribution in [0, 0.1) is 6.92 Å². The zero-order valence-corrected chi connectivity index (χ0v) is 17.8. The molecule has 144 valence electrons. The van der Waals surface area contributed by atoms with Crippen molar-refractivity contribution in [2.45, 2.75) is 60.8 Å². The number of benzene rings is 1. The molecule has 0 fully saturated rings. The van der Waals surface area contributed by atoms with Crippen molar-refractivity contribution >= 4 is 36.0 Å². The number of aryl methyl sites for hydroxylation is 1. The summed E-state index contributed by atoms with van der Waals surface area (Å²) in [7, 11) is -7.52. The number of sulfone groups is 2. The number of hydrogen-bond acceptors (Lipinski definition) is 7. The first-order valence-corrected chi connectivity index (χ1v) is 12.4. The van der Waals surface area contributed by atoms with Crippen LogP contribution in [-0.2, 0) is 19.7 Å². The molecule has 0 unspecified atom stereocenters. The second-order valence-electron chi connectivity index (χ2n) is 6.20. The number of nitrogens with zero attached hydrogens (tertiary/aromatic N) is 1. The molecule has 0 aliphatic heterocycles. The van der Waals surface area contributed by atoms with Crippen LogP contribution in [0.3, 0.4) is 0 Å². The predicted molar refractivity (Wildman–Crippen MR) is 104 cm³/mol. The van der Waals surface area contributed by atoms with Crippen LogP contribution in [0.5, 0.6) is 0 Å². The summed E-state index contributed by atoms with van der Waals surface area (Å²) in [6, 6.07) is 6.42. The standard InChI is InChI=1S/C17H24N2O4S3/c1-5-11-25(20,21)17-19-16(15(24-17)18-13(4)6-2)26(22,23)14-9-7-12(3)8-10-14/h7-10,13,18H,5-6,11H2,1-4H3/t13-/m0/s1. The van der Waals surface area contributed by atoms with E-state index in [0.29, 0.717) is 6.42 Å². The smallest absolute Gasteiger partial charge is 0.226 e. The first-order valence-electron chi connectivity index (χ1n) is 8.43. The van der Waals surface area contributed by atoms with Crippen LogP contribution < -0.4 is 5.32 Å². The lowest BCUT2D eigenvalue weighted by molar-refractivity contribution is 0.588. The zero-order valence-electron chi connectivity index (χ0n) is 15.3. The van der Waals surface area contributed by atoms with Crippen molar-refractivity contribution in [1.29, 1.82) is 0 Å². The molecule has 9 heteroatoms. The highest BCUT2D eigenvalue weighted by Crippen LogP contribution is 2.35. The largest absolute Gasteiger partial charge is 0.372 e. The van der Waals surface area contributed by atoms with Gasteiger partial charge in [-0.3, -0.25) is 0 Å². The molecule has 1 atom stereocenters. The fourth-order valence-electron chi connectivity index (χ4n) is 2.20. The molecule has 1 aromatic heterocycles. The molecule has 0 amide bonds. The van der Waals surface area contributed by atoms with E-state index in [1.165, 1.54) is 12.1 Å². The van der Waals surface area contributed by atoms with Gasteiger partial charge in [-0.05, 0) is 38.8 Å². The van der Waals surface area contributed by atoms with Gasteiger partial charge in [-0.2, -0.15) is 0 Å². The fourth-order valence-corrected chi connectivity index (χ4v) is 6.66. The van der Waals surface area contributed by atoms with Crippen molar-refractivity contribution in [1.82, 2.24) is 4.98 Å². The average Bonchev–Trinajstić information content (AvgIpc) is 3.00. The SMILES string of the molecule is CCCS(=O)(=O)c1nc(S(=O)(=O)c2ccc(C)cc2)c(N[C@@H](C)CC)s1. The van der Waals surface area contributed by atoms with E-state index in [9.17, 15) is 16.8 Å². The molecular weight excluding hydrogens is 392 g/mol. The topological polar surface area (TPSA) is 93.2 Å². The Hall–Kier alpha value is -1.45. The lowest BCUT2D eigenvalue weighted by Crippen LogP contribution is -2.15. The molecule has 0 radical (unpaired) electrons. The number of rotatable bonds is 8. The van der Waals surface area contributed by atoms with E-state index in [4.69, 9.17) is 0 Å². The summed E-state index contributed by atoms with van der Waals surface area (Å²) in [6.07, 6.45) is 1.20. The Morgan fingerprint density at radius 2 is 1.73 bits per heavy atom. The third-order valence-electron chi connectivity index (χ3n) is 3.89. The molecule has 0 aliphatic rings. The van der Waals surface area contributed by atoms with Crippen LogP contribution in [0.25, 0.3) is 0 Å². The molecular formula is C17H24N2O4S3. The maximum atomic E-state index is 13.0. The van der Waals surface area contributed by atoms with Crippen molar-refractivity contribution in [2.24, 2.45) is 0 Å². The van der Waals surface area contributed by atoms with Gasteiger partial charge in [-0.1, -0.05) is 42.9 Å². The molecule has 1 N–H and O–H groups in total. The Morgan fingerprint density at radius 1 is 1.12 bits per heavy atom. The zero-order chi connectivity index (χ0) is 19.5. The molecule has 1 heterocycles. The third kappa shape index (κ3) is 4.44. The van der Waals surface area contributed by atoms with Crippen LogP contribution in [0.15, 0.2) is 38.5 Å². The summed E-state index contributed by atoms with van der Waals surface area (Å²) < 4.78 is 50.7. The average molecular weight is 417 g/mol. The van der Waals surface area contributed by atoms with E-state index in [-0.39, 0.29) is 31.1 Å². The van der Waals surface area contributed by atoms with Crippen LogP contribution in [0.1, 0.15) is 39.2 Å². The van der Waals surface area contributed by atoms with Crippen LogP contribution in [0.2, 0.25) is 0 Å². The monoisotopic (exact) mass is 416 g/mol. The molecule has 26 heavy (non-hydrogen) atoms. The van der Waals surface area contributed by atoms with Crippen molar-refractivity contribution in [3.05, 3.63) is 29.8 Å². The lowest BCUT2D eigenvalue weighted by Gasteiger charge is -2.12. The maximum absolute atomic E-state index is 13.0. The minimum absolute atomic E-state index is 0.0100. The van der Waals surface area contributed by atoms with Gasteiger partial charge in [0.05, 0.1) is 10.6 Å². The molecule has 6 nitrogen and oxygen atoms in total. The second-order valence-corrected chi connectivity index (χ2v) is 11.3. The van der Waals surface area contributed by atoms with Crippen molar-refractivity contribution in [2.75, 3.05) is 11.1 Å². The highest BCUT2D eigenvalue weighted by molar-refractivity contribution is 7.94. The van der Waals surface area contributed by atoms with Gasteiger partial charge in [-0.15, -0.1) is 0 Å². The summed E-state index contributed by atoms with van der Waals surface area (Å²) in [5.41, 5.74) is 0.936. The molecule has 2 aromatic rings. The van der Waals surface area contributed by atoms with Gasteiger partial charge in [0, 0.05) is 6.04 Å². The number of anilines is 1. The summed E-state index contributed by atoms with van der Waals surface area (Å²) in [4.78, 5) is 4.14. The second kappa shape index (κ2) is 8.06. The van der Waals surface area contributed by atoms with E-state index in [1.54, 1.807) is 19.1 Å². The maximum Gasteiger partial charge on any atom is 0.226 e. The van der Waals surface area contributed by atoms with E-state index < -0.39 is 19.7 Å². The van der Waals surface area contributed by atoms with Gasteiger partial charge in [-0.25, -0.2) is 21.8 Å².